The Bertz CT molecular complexity index is 1090. The van der Waals surface area contributed by atoms with Gasteiger partial charge in [-0.1, -0.05) is 62.7 Å². The van der Waals surface area contributed by atoms with E-state index in [4.69, 9.17) is 0 Å². The molecule has 1 unspecified atom stereocenters. The van der Waals surface area contributed by atoms with Crippen LogP contribution in [0.1, 0.15) is 38.3 Å². The van der Waals surface area contributed by atoms with Crippen LogP contribution in [0, 0.1) is 12.8 Å². The van der Waals surface area contributed by atoms with Gasteiger partial charge in [-0.25, -0.2) is 8.42 Å². The number of carbonyl (C=O) groups is 2. The van der Waals surface area contributed by atoms with Crippen LogP contribution in [0.2, 0.25) is 0 Å². The Balaban J connectivity index is 2.42. The lowest BCUT2D eigenvalue weighted by Gasteiger charge is -2.33. The molecule has 0 saturated heterocycles. The van der Waals surface area contributed by atoms with Crippen LogP contribution in [0.5, 0.6) is 0 Å². The highest BCUT2D eigenvalue weighted by Gasteiger charge is 2.32. The molecule has 0 saturated carbocycles. The highest BCUT2D eigenvalue weighted by molar-refractivity contribution is 9.10. The van der Waals surface area contributed by atoms with Gasteiger partial charge in [-0.05, 0) is 52.9 Å². The van der Waals surface area contributed by atoms with Gasteiger partial charge in [0, 0.05) is 17.6 Å². The Morgan fingerprint density at radius 2 is 1.68 bits per heavy atom. The Morgan fingerprint density at radius 1 is 1.06 bits per heavy atom. The van der Waals surface area contributed by atoms with Crippen LogP contribution in [-0.2, 0) is 26.2 Å². The van der Waals surface area contributed by atoms with E-state index in [0.717, 1.165) is 21.7 Å². The van der Waals surface area contributed by atoms with Crippen LogP contribution in [0.15, 0.2) is 53.0 Å². The van der Waals surface area contributed by atoms with Crippen molar-refractivity contribution in [3.05, 3.63) is 64.1 Å². The van der Waals surface area contributed by atoms with Crippen molar-refractivity contribution >= 4 is 43.5 Å². The molecular formula is C25H34BrN3O4S. The molecule has 7 nitrogen and oxygen atoms in total. The molecule has 2 aromatic rings. The standard InChI is InChI=1S/C25H34BrN3O4S/c1-6-22(25(31)27-15-18(2)3)28(16-20-13-11-19(4)12-14-20)24(30)17-29(34(5,32)33)23-10-8-7-9-21(23)26/h7-14,18,22H,6,15-17H2,1-5H3,(H,27,31). The van der Waals surface area contributed by atoms with Crippen molar-refractivity contribution in [2.24, 2.45) is 5.92 Å². The molecule has 9 heteroatoms. The van der Waals surface area contributed by atoms with E-state index in [1.54, 1.807) is 24.3 Å². The van der Waals surface area contributed by atoms with Gasteiger partial charge in [-0.3, -0.25) is 13.9 Å². The summed E-state index contributed by atoms with van der Waals surface area (Å²) in [7, 11) is -3.77. The van der Waals surface area contributed by atoms with Crippen molar-refractivity contribution in [3.8, 4) is 0 Å². The number of sulfonamides is 1. The molecule has 0 aliphatic carbocycles. The number of hydrogen-bond acceptors (Lipinski definition) is 4. The van der Waals surface area contributed by atoms with Gasteiger partial charge in [0.2, 0.25) is 21.8 Å². The molecule has 0 spiro atoms. The molecule has 0 aromatic heterocycles. The number of halogens is 1. The Kier molecular flexibility index (Phi) is 10.1. The second kappa shape index (κ2) is 12.4. The Hall–Kier alpha value is -2.39. The average molecular weight is 553 g/mol. The molecule has 0 fully saturated rings. The minimum Gasteiger partial charge on any atom is -0.354 e. The minimum atomic E-state index is -3.77. The lowest BCUT2D eigenvalue weighted by Crippen LogP contribution is -2.52. The van der Waals surface area contributed by atoms with E-state index in [9.17, 15) is 18.0 Å². The van der Waals surface area contributed by atoms with E-state index in [1.165, 1.54) is 4.90 Å². The van der Waals surface area contributed by atoms with E-state index in [1.807, 2.05) is 52.0 Å². The Morgan fingerprint density at radius 3 is 2.21 bits per heavy atom. The molecular weight excluding hydrogens is 518 g/mol. The summed E-state index contributed by atoms with van der Waals surface area (Å²) in [6, 6.07) is 13.8. The predicted molar refractivity (Wildman–Crippen MR) is 140 cm³/mol. The normalized spacial score (nSPS) is 12.3. The second-order valence-corrected chi connectivity index (χ2v) is 11.6. The van der Waals surface area contributed by atoms with E-state index in [-0.39, 0.29) is 18.4 Å². The van der Waals surface area contributed by atoms with Crippen LogP contribution in [0.4, 0.5) is 5.69 Å². The number of carbonyl (C=O) groups excluding carboxylic acids is 2. The number of aryl methyl sites for hydroxylation is 1. The third kappa shape index (κ3) is 7.84. The topological polar surface area (TPSA) is 86.8 Å². The van der Waals surface area contributed by atoms with Gasteiger partial charge in [0.1, 0.15) is 12.6 Å². The minimum absolute atomic E-state index is 0.195. The van der Waals surface area contributed by atoms with Gasteiger partial charge in [0.15, 0.2) is 0 Å². The zero-order valence-electron chi connectivity index (χ0n) is 20.4. The molecule has 0 radical (unpaired) electrons. The molecule has 186 valence electrons. The molecule has 1 atom stereocenters. The number of rotatable bonds is 11. The summed E-state index contributed by atoms with van der Waals surface area (Å²) in [5.74, 6) is -0.435. The van der Waals surface area contributed by atoms with E-state index >= 15 is 0 Å². The van der Waals surface area contributed by atoms with Crippen LogP contribution >= 0.6 is 15.9 Å². The van der Waals surface area contributed by atoms with Gasteiger partial charge < -0.3 is 10.2 Å². The lowest BCUT2D eigenvalue weighted by atomic mass is 10.1. The van der Waals surface area contributed by atoms with Crippen molar-refractivity contribution in [1.82, 2.24) is 10.2 Å². The van der Waals surface area contributed by atoms with Crippen molar-refractivity contribution in [2.75, 3.05) is 23.7 Å². The summed E-state index contributed by atoms with van der Waals surface area (Å²) in [5, 5.41) is 2.92. The number of benzene rings is 2. The third-order valence-corrected chi connectivity index (χ3v) is 7.14. The van der Waals surface area contributed by atoms with Crippen LogP contribution in [0.25, 0.3) is 0 Å². The molecule has 0 aliphatic rings. The van der Waals surface area contributed by atoms with Gasteiger partial charge in [0.25, 0.3) is 0 Å². The molecule has 2 amide bonds. The first kappa shape index (κ1) is 27.9. The van der Waals surface area contributed by atoms with Crippen molar-refractivity contribution in [2.45, 2.75) is 46.7 Å². The number of nitrogens with one attached hydrogen (secondary N) is 1. The summed E-state index contributed by atoms with van der Waals surface area (Å²) in [4.78, 5) is 28.1. The molecule has 34 heavy (non-hydrogen) atoms. The number of hydrogen-bond donors (Lipinski definition) is 1. The summed E-state index contributed by atoms with van der Waals surface area (Å²) >= 11 is 3.38. The molecule has 2 aromatic carbocycles. The first-order valence-electron chi connectivity index (χ1n) is 11.3. The summed E-state index contributed by atoms with van der Waals surface area (Å²) in [5.41, 5.74) is 2.31. The monoisotopic (exact) mass is 551 g/mol. The zero-order valence-corrected chi connectivity index (χ0v) is 22.8. The number of anilines is 1. The smallest absolute Gasteiger partial charge is 0.244 e. The van der Waals surface area contributed by atoms with Crippen LogP contribution < -0.4 is 9.62 Å². The third-order valence-electron chi connectivity index (χ3n) is 5.34. The van der Waals surface area contributed by atoms with Gasteiger partial charge >= 0.3 is 0 Å². The van der Waals surface area contributed by atoms with E-state index in [2.05, 4.69) is 21.2 Å². The van der Waals surface area contributed by atoms with Gasteiger partial charge in [0.05, 0.1) is 11.9 Å². The number of nitrogens with zero attached hydrogens (tertiary/aromatic N) is 2. The highest BCUT2D eigenvalue weighted by atomic mass is 79.9. The molecule has 2 rings (SSSR count). The largest absolute Gasteiger partial charge is 0.354 e. The lowest BCUT2D eigenvalue weighted by molar-refractivity contribution is -0.140. The van der Waals surface area contributed by atoms with E-state index < -0.39 is 28.5 Å². The average Bonchev–Trinajstić information content (AvgIpc) is 2.77. The summed E-state index contributed by atoms with van der Waals surface area (Å²) in [6.07, 6.45) is 1.46. The molecule has 0 aliphatic heterocycles. The summed E-state index contributed by atoms with van der Waals surface area (Å²) < 4.78 is 26.9. The fourth-order valence-electron chi connectivity index (χ4n) is 3.48. The van der Waals surface area contributed by atoms with Gasteiger partial charge in [-0.15, -0.1) is 0 Å². The van der Waals surface area contributed by atoms with Crippen molar-refractivity contribution in [1.29, 1.82) is 0 Å². The number of amides is 2. The predicted octanol–water partition coefficient (Wildman–Crippen LogP) is 4.10. The van der Waals surface area contributed by atoms with Gasteiger partial charge in [-0.2, -0.15) is 0 Å². The first-order chi connectivity index (χ1) is 15.9. The SMILES string of the molecule is CCC(C(=O)NCC(C)C)N(Cc1ccc(C)cc1)C(=O)CN(c1ccccc1Br)S(C)(=O)=O. The van der Waals surface area contributed by atoms with Crippen LogP contribution in [-0.4, -0.2) is 50.5 Å². The quantitative estimate of drug-likeness (QED) is 0.455. The number of para-hydroxylation sites is 1. The second-order valence-electron chi connectivity index (χ2n) is 8.79. The van der Waals surface area contributed by atoms with Crippen molar-refractivity contribution in [3.63, 3.8) is 0 Å². The van der Waals surface area contributed by atoms with Crippen molar-refractivity contribution < 1.29 is 18.0 Å². The maximum Gasteiger partial charge on any atom is 0.244 e. The zero-order chi connectivity index (χ0) is 25.5. The highest BCUT2D eigenvalue weighted by Crippen LogP contribution is 2.28. The molecule has 1 N–H and O–H groups in total. The fraction of sp³-hybridized carbons (Fsp3) is 0.440. The fourth-order valence-corrected chi connectivity index (χ4v) is 4.96. The van der Waals surface area contributed by atoms with Crippen LogP contribution in [0.3, 0.4) is 0 Å². The molecule has 0 heterocycles. The summed E-state index contributed by atoms with van der Waals surface area (Å²) in [6.45, 7) is 8.09. The maximum absolute atomic E-state index is 13.6. The maximum atomic E-state index is 13.6. The first-order valence-corrected chi connectivity index (χ1v) is 13.9. The molecule has 0 bridgehead atoms. The Labute approximate surface area is 211 Å². The van der Waals surface area contributed by atoms with E-state index in [0.29, 0.717) is 23.1 Å².